The fourth-order valence-corrected chi connectivity index (χ4v) is 4.00. The van der Waals surface area contributed by atoms with Gasteiger partial charge in [-0.15, -0.1) is 0 Å². The molecule has 1 aromatic rings. The Morgan fingerprint density at radius 1 is 1.35 bits per heavy atom. The number of halogens is 1. The standard InChI is InChI=1S/C11H15BrN2O2S/c12-10-3-1-9(2-4-10)8-14-6-5-11(7-13)17(14,15)16/h1-4,11H,5-8,13H2. The Morgan fingerprint density at radius 2 is 2.00 bits per heavy atom. The van der Waals surface area contributed by atoms with Gasteiger partial charge in [-0.2, -0.15) is 4.31 Å². The van der Waals surface area contributed by atoms with Crippen molar-refractivity contribution in [2.45, 2.75) is 18.2 Å². The van der Waals surface area contributed by atoms with E-state index >= 15 is 0 Å². The molecule has 1 aliphatic heterocycles. The van der Waals surface area contributed by atoms with Gasteiger partial charge in [0.15, 0.2) is 0 Å². The summed E-state index contributed by atoms with van der Waals surface area (Å²) in [4.78, 5) is 0. The Bertz CT molecular complexity index is 487. The lowest BCUT2D eigenvalue weighted by molar-refractivity contribution is 0.439. The lowest BCUT2D eigenvalue weighted by atomic mass is 10.2. The largest absolute Gasteiger partial charge is 0.329 e. The molecule has 0 aromatic heterocycles. The Kier molecular flexibility index (Phi) is 3.87. The summed E-state index contributed by atoms with van der Waals surface area (Å²) in [5.41, 5.74) is 6.47. The molecule has 1 aromatic carbocycles. The number of benzene rings is 1. The van der Waals surface area contributed by atoms with Crippen molar-refractivity contribution in [1.82, 2.24) is 4.31 Å². The van der Waals surface area contributed by atoms with Crippen molar-refractivity contribution in [2.75, 3.05) is 13.1 Å². The van der Waals surface area contributed by atoms with Gasteiger partial charge < -0.3 is 5.73 Å². The number of hydrogen-bond donors (Lipinski definition) is 1. The Balaban J connectivity index is 2.13. The molecule has 1 heterocycles. The third-order valence-corrected chi connectivity index (χ3v) is 5.85. The lowest BCUT2D eigenvalue weighted by Gasteiger charge is -2.16. The van der Waals surface area contributed by atoms with Gasteiger partial charge in [-0.05, 0) is 24.1 Å². The van der Waals surface area contributed by atoms with Crippen LogP contribution in [0.5, 0.6) is 0 Å². The summed E-state index contributed by atoms with van der Waals surface area (Å²) < 4.78 is 26.6. The molecule has 2 rings (SSSR count). The number of hydrogen-bond acceptors (Lipinski definition) is 3. The van der Waals surface area contributed by atoms with Crippen LogP contribution in [-0.4, -0.2) is 31.1 Å². The molecule has 0 aliphatic carbocycles. The summed E-state index contributed by atoms with van der Waals surface area (Å²) in [5.74, 6) is 0. The van der Waals surface area contributed by atoms with Gasteiger partial charge in [0, 0.05) is 24.1 Å². The smallest absolute Gasteiger partial charge is 0.218 e. The second-order valence-electron chi connectivity index (χ2n) is 4.15. The predicted octanol–water partition coefficient (Wildman–Crippen LogP) is 1.31. The van der Waals surface area contributed by atoms with Gasteiger partial charge in [0.2, 0.25) is 10.0 Å². The molecular weight excluding hydrogens is 304 g/mol. The van der Waals surface area contributed by atoms with Gasteiger partial charge in [-0.1, -0.05) is 28.1 Å². The van der Waals surface area contributed by atoms with Crippen LogP contribution in [0.25, 0.3) is 0 Å². The van der Waals surface area contributed by atoms with Crippen LogP contribution in [0.15, 0.2) is 28.7 Å². The van der Waals surface area contributed by atoms with E-state index in [1.165, 1.54) is 4.31 Å². The van der Waals surface area contributed by atoms with E-state index in [-0.39, 0.29) is 6.54 Å². The molecule has 0 spiro atoms. The van der Waals surface area contributed by atoms with Crippen molar-refractivity contribution in [3.05, 3.63) is 34.3 Å². The lowest BCUT2D eigenvalue weighted by Crippen LogP contribution is -2.32. The molecule has 1 fully saturated rings. The van der Waals surface area contributed by atoms with E-state index in [0.29, 0.717) is 19.5 Å². The van der Waals surface area contributed by atoms with Gasteiger partial charge in [0.25, 0.3) is 0 Å². The number of sulfonamides is 1. The van der Waals surface area contributed by atoms with Crippen molar-refractivity contribution in [3.8, 4) is 0 Å². The molecule has 1 saturated heterocycles. The molecule has 94 valence electrons. The molecule has 2 N–H and O–H groups in total. The Hall–Kier alpha value is -0.430. The highest BCUT2D eigenvalue weighted by atomic mass is 79.9. The van der Waals surface area contributed by atoms with E-state index in [9.17, 15) is 8.42 Å². The summed E-state index contributed by atoms with van der Waals surface area (Å²) in [6.07, 6.45) is 0.634. The van der Waals surface area contributed by atoms with Crippen LogP contribution in [0.3, 0.4) is 0 Å². The van der Waals surface area contributed by atoms with Crippen LogP contribution >= 0.6 is 15.9 Å². The summed E-state index contributed by atoms with van der Waals surface area (Å²) in [6.45, 7) is 1.21. The van der Waals surface area contributed by atoms with Gasteiger partial charge in [-0.25, -0.2) is 8.42 Å². The average molecular weight is 319 g/mol. The number of rotatable bonds is 3. The zero-order chi connectivity index (χ0) is 12.5. The third kappa shape index (κ3) is 2.70. The van der Waals surface area contributed by atoms with Crippen molar-refractivity contribution in [3.63, 3.8) is 0 Å². The maximum Gasteiger partial charge on any atom is 0.218 e. The molecule has 0 radical (unpaired) electrons. The molecule has 1 atom stereocenters. The molecule has 0 bridgehead atoms. The van der Waals surface area contributed by atoms with Crippen LogP contribution in [-0.2, 0) is 16.6 Å². The van der Waals surface area contributed by atoms with Crippen LogP contribution < -0.4 is 5.73 Å². The first-order valence-corrected chi connectivity index (χ1v) is 7.77. The molecule has 17 heavy (non-hydrogen) atoms. The molecular formula is C11H15BrN2O2S. The minimum absolute atomic E-state index is 0.208. The minimum Gasteiger partial charge on any atom is -0.329 e. The van der Waals surface area contributed by atoms with Crippen molar-refractivity contribution < 1.29 is 8.42 Å². The SMILES string of the molecule is NCC1CCN(Cc2ccc(Br)cc2)S1(=O)=O. The number of nitrogens with two attached hydrogens (primary N) is 1. The summed E-state index contributed by atoms with van der Waals surface area (Å²) in [6, 6.07) is 7.68. The molecule has 1 unspecified atom stereocenters. The normalized spacial score (nSPS) is 24.0. The van der Waals surface area contributed by atoms with Crippen molar-refractivity contribution in [1.29, 1.82) is 0 Å². The number of nitrogens with zero attached hydrogens (tertiary/aromatic N) is 1. The fraction of sp³-hybridized carbons (Fsp3) is 0.455. The first-order chi connectivity index (χ1) is 8.04. The van der Waals surface area contributed by atoms with Gasteiger partial charge >= 0.3 is 0 Å². The molecule has 6 heteroatoms. The molecule has 4 nitrogen and oxygen atoms in total. The van der Waals surface area contributed by atoms with E-state index in [2.05, 4.69) is 15.9 Å². The summed E-state index contributed by atoms with van der Waals surface area (Å²) in [7, 11) is -3.19. The predicted molar refractivity (Wildman–Crippen MR) is 70.9 cm³/mol. The summed E-state index contributed by atoms with van der Waals surface area (Å²) >= 11 is 3.35. The first kappa shape index (κ1) is 13.0. The van der Waals surface area contributed by atoms with E-state index in [4.69, 9.17) is 5.73 Å². The highest BCUT2D eigenvalue weighted by Gasteiger charge is 2.37. The van der Waals surface area contributed by atoms with E-state index in [0.717, 1.165) is 10.0 Å². The van der Waals surface area contributed by atoms with Crippen LogP contribution in [0, 0.1) is 0 Å². The summed E-state index contributed by atoms with van der Waals surface area (Å²) in [5, 5.41) is -0.405. The zero-order valence-corrected chi connectivity index (χ0v) is 11.7. The van der Waals surface area contributed by atoms with E-state index < -0.39 is 15.3 Å². The highest BCUT2D eigenvalue weighted by molar-refractivity contribution is 9.10. The molecule has 0 amide bonds. The van der Waals surface area contributed by atoms with Gasteiger partial charge in [0.1, 0.15) is 0 Å². The topological polar surface area (TPSA) is 63.4 Å². The quantitative estimate of drug-likeness (QED) is 0.914. The van der Waals surface area contributed by atoms with Crippen molar-refractivity contribution >= 4 is 26.0 Å². The van der Waals surface area contributed by atoms with Gasteiger partial charge in [-0.3, -0.25) is 0 Å². The fourth-order valence-electron chi connectivity index (χ4n) is 1.98. The Morgan fingerprint density at radius 3 is 2.53 bits per heavy atom. The monoisotopic (exact) mass is 318 g/mol. The van der Waals surface area contributed by atoms with E-state index in [1.54, 1.807) is 0 Å². The minimum atomic E-state index is -3.19. The molecule has 1 aliphatic rings. The highest BCUT2D eigenvalue weighted by Crippen LogP contribution is 2.23. The van der Waals surface area contributed by atoms with E-state index in [1.807, 2.05) is 24.3 Å². The second-order valence-corrected chi connectivity index (χ2v) is 7.28. The van der Waals surface area contributed by atoms with Crippen LogP contribution in [0.4, 0.5) is 0 Å². The second kappa shape index (κ2) is 5.06. The Labute approximate surface area is 110 Å². The maximum atomic E-state index is 12.0. The third-order valence-electron chi connectivity index (χ3n) is 3.02. The maximum absolute atomic E-state index is 12.0. The average Bonchev–Trinajstić information content (AvgIpc) is 2.57. The molecule has 0 saturated carbocycles. The van der Waals surface area contributed by atoms with Crippen molar-refractivity contribution in [2.24, 2.45) is 5.73 Å². The zero-order valence-electron chi connectivity index (χ0n) is 9.34. The van der Waals surface area contributed by atoms with Crippen LogP contribution in [0.2, 0.25) is 0 Å². The first-order valence-electron chi connectivity index (χ1n) is 5.47. The van der Waals surface area contributed by atoms with Gasteiger partial charge in [0.05, 0.1) is 5.25 Å². The van der Waals surface area contributed by atoms with Crippen LogP contribution in [0.1, 0.15) is 12.0 Å².